The van der Waals surface area contributed by atoms with Gasteiger partial charge in [-0.15, -0.1) is 0 Å². The van der Waals surface area contributed by atoms with Crippen molar-refractivity contribution in [2.24, 2.45) is 5.73 Å². The number of nitrogens with two attached hydrogens (primary N) is 1. The van der Waals surface area contributed by atoms with Crippen molar-refractivity contribution in [2.45, 2.75) is 19.0 Å². The fraction of sp³-hybridized carbons (Fsp3) is 0.286. The number of aryl methyl sites for hydroxylation is 1. The number of alkyl halides is 3. The summed E-state index contributed by atoms with van der Waals surface area (Å²) in [5.41, 5.74) is 4.52. The first kappa shape index (κ1) is 15.1. The summed E-state index contributed by atoms with van der Waals surface area (Å²) in [6.07, 6.45) is -1.85. The van der Waals surface area contributed by atoms with E-state index >= 15 is 0 Å². The minimum absolute atomic E-state index is 0.152. The zero-order valence-corrected chi connectivity index (χ0v) is 11.1. The van der Waals surface area contributed by atoms with Gasteiger partial charge in [-0.05, 0) is 37.6 Å². The Bertz CT molecular complexity index is 668. The molecule has 2 N–H and O–H groups in total. The molecule has 0 radical (unpaired) electrons. The summed E-state index contributed by atoms with van der Waals surface area (Å²) in [5.74, 6) is 0. The Morgan fingerprint density at radius 1 is 1.29 bits per heavy atom. The van der Waals surface area contributed by atoms with Crippen LogP contribution in [-0.2, 0) is 12.6 Å². The fourth-order valence-corrected chi connectivity index (χ4v) is 2.03. The van der Waals surface area contributed by atoms with Crippen LogP contribution in [-0.4, -0.2) is 16.3 Å². The molecule has 1 aromatic heterocycles. The quantitative estimate of drug-likeness (QED) is 0.942. The largest absolute Gasteiger partial charge is 0.419 e. The third-order valence-corrected chi connectivity index (χ3v) is 2.97. The molecule has 0 amide bonds. The Labute approximate surface area is 119 Å². The predicted octanol–water partition coefficient (Wildman–Crippen LogP) is 2.65. The van der Waals surface area contributed by atoms with E-state index in [0.29, 0.717) is 25.1 Å². The number of rotatable bonds is 4. The monoisotopic (exact) mass is 294 g/mol. The van der Waals surface area contributed by atoms with Crippen LogP contribution in [0.1, 0.15) is 23.2 Å². The lowest BCUT2D eigenvalue weighted by atomic mass is 10.1. The number of nitrogens with zero attached hydrogens (tertiary/aromatic N) is 3. The van der Waals surface area contributed by atoms with Crippen molar-refractivity contribution >= 4 is 0 Å². The molecule has 2 aromatic rings. The Balaban J connectivity index is 2.49. The Morgan fingerprint density at radius 2 is 2.05 bits per heavy atom. The van der Waals surface area contributed by atoms with E-state index in [0.717, 1.165) is 10.7 Å². The van der Waals surface area contributed by atoms with Crippen LogP contribution in [0.4, 0.5) is 13.2 Å². The van der Waals surface area contributed by atoms with Gasteiger partial charge in [0.05, 0.1) is 28.6 Å². The van der Waals surface area contributed by atoms with E-state index < -0.39 is 17.3 Å². The Kier molecular flexibility index (Phi) is 4.29. The molecular formula is C14H13F3N4. The second kappa shape index (κ2) is 5.97. The second-order valence-electron chi connectivity index (χ2n) is 4.45. The van der Waals surface area contributed by atoms with Crippen molar-refractivity contribution in [1.29, 1.82) is 5.26 Å². The number of halogens is 3. The molecule has 7 heteroatoms. The van der Waals surface area contributed by atoms with Crippen molar-refractivity contribution < 1.29 is 13.2 Å². The molecule has 110 valence electrons. The van der Waals surface area contributed by atoms with Crippen LogP contribution in [0.5, 0.6) is 0 Å². The molecule has 0 saturated carbocycles. The molecule has 2 rings (SSSR count). The number of hydrogen-bond acceptors (Lipinski definition) is 3. The minimum Gasteiger partial charge on any atom is -0.330 e. The van der Waals surface area contributed by atoms with Gasteiger partial charge in [0.15, 0.2) is 0 Å². The van der Waals surface area contributed by atoms with Crippen molar-refractivity contribution in [1.82, 2.24) is 9.78 Å². The van der Waals surface area contributed by atoms with Gasteiger partial charge in [-0.3, -0.25) is 0 Å². The molecular weight excluding hydrogens is 281 g/mol. The summed E-state index contributed by atoms with van der Waals surface area (Å²) in [7, 11) is 0. The molecule has 0 unspecified atom stereocenters. The third-order valence-electron chi connectivity index (χ3n) is 2.97. The zero-order chi connectivity index (χ0) is 15.5. The molecule has 4 nitrogen and oxygen atoms in total. The van der Waals surface area contributed by atoms with Crippen molar-refractivity contribution in [3.63, 3.8) is 0 Å². The van der Waals surface area contributed by atoms with E-state index in [4.69, 9.17) is 11.0 Å². The van der Waals surface area contributed by atoms with Crippen molar-refractivity contribution in [2.75, 3.05) is 6.54 Å². The lowest BCUT2D eigenvalue weighted by Gasteiger charge is -2.14. The predicted molar refractivity (Wildman–Crippen MR) is 70.7 cm³/mol. The number of hydrogen-bond donors (Lipinski definition) is 1. The van der Waals surface area contributed by atoms with Gasteiger partial charge >= 0.3 is 6.18 Å². The first-order valence-electron chi connectivity index (χ1n) is 6.32. The van der Waals surface area contributed by atoms with Gasteiger partial charge in [-0.1, -0.05) is 6.07 Å². The maximum Gasteiger partial charge on any atom is 0.419 e. The van der Waals surface area contributed by atoms with Gasteiger partial charge in [0, 0.05) is 6.20 Å². The maximum absolute atomic E-state index is 13.2. The first-order valence-corrected chi connectivity index (χ1v) is 6.32. The van der Waals surface area contributed by atoms with E-state index in [1.54, 1.807) is 12.1 Å². The topological polar surface area (TPSA) is 67.6 Å². The zero-order valence-electron chi connectivity index (χ0n) is 11.1. The van der Waals surface area contributed by atoms with Crippen LogP contribution in [0.2, 0.25) is 0 Å². The lowest BCUT2D eigenvalue weighted by molar-refractivity contribution is -0.137. The average molecular weight is 294 g/mol. The summed E-state index contributed by atoms with van der Waals surface area (Å²) >= 11 is 0. The smallest absolute Gasteiger partial charge is 0.330 e. The maximum atomic E-state index is 13.2. The molecule has 1 heterocycles. The van der Waals surface area contributed by atoms with Crippen LogP contribution >= 0.6 is 0 Å². The standard InChI is InChI=1S/C14H13F3N4/c15-14(16,17)13-10(9-19)3-1-5-12(13)21-8-6-11(20-21)4-2-7-18/h1,3,5-6,8H,2,4,7,18H2. The van der Waals surface area contributed by atoms with Gasteiger partial charge in [0.25, 0.3) is 0 Å². The van der Waals surface area contributed by atoms with Gasteiger partial charge in [-0.2, -0.15) is 23.5 Å². The molecule has 0 fully saturated rings. The fourth-order valence-electron chi connectivity index (χ4n) is 2.03. The second-order valence-corrected chi connectivity index (χ2v) is 4.45. The molecule has 0 saturated heterocycles. The molecule has 1 aromatic carbocycles. The molecule has 0 aliphatic carbocycles. The highest BCUT2D eigenvalue weighted by molar-refractivity contribution is 5.52. The summed E-state index contributed by atoms with van der Waals surface area (Å²) in [5, 5.41) is 13.0. The van der Waals surface area contributed by atoms with Gasteiger partial charge in [0.1, 0.15) is 0 Å². The Hall–Kier alpha value is -2.33. The van der Waals surface area contributed by atoms with E-state index in [9.17, 15) is 13.2 Å². The normalized spacial score (nSPS) is 11.4. The number of benzene rings is 1. The van der Waals surface area contributed by atoms with Crippen LogP contribution in [0.15, 0.2) is 30.5 Å². The molecule has 21 heavy (non-hydrogen) atoms. The van der Waals surface area contributed by atoms with Crippen LogP contribution in [0, 0.1) is 11.3 Å². The molecule has 0 aliphatic heterocycles. The van der Waals surface area contributed by atoms with E-state index in [2.05, 4.69) is 5.10 Å². The highest BCUT2D eigenvalue weighted by atomic mass is 19.4. The van der Waals surface area contributed by atoms with E-state index in [1.807, 2.05) is 0 Å². The highest BCUT2D eigenvalue weighted by Crippen LogP contribution is 2.36. The molecule has 0 spiro atoms. The average Bonchev–Trinajstić information content (AvgIpc) is 2.92. The SMILES string of the molecule is N#Cc1cccc(-n2ccc(CCCN)n2)c1C(F)(F)F. The van der Waals surface area contributed by atoms with Crippen LogP contribution in [0.25, 0.3) is 5.69 Å². The van der Waals surface area contributed by atoms with Crippen molar-refractivity contribution in [3.05, 3.63) is 47.3 Å². The lowest BCUT2D eigenvalue weighted by Crippen LogP contribution is -2.13. The molecule has 0 aliphatic rings. The molecule has 0 bridgehead atoms. The Morgan fingerprint density at radius 3 is 2.67 bits per heavy atom. The molecule has 0 atom stereocenters. The highest BCUT2D eigenvalue weighted by Gasteiger charge is 2.37. The minimum atomic E-state index is -4.62. The summed E-state index contributed by atoms with van der Waals surface area (Å²) in [4.78, 5) is 0. The third kappa shape index (κ3) is 3.23. The van der Waals surface area contributed by atoms with Gasteiger partial charge < -0.3 is 5.73 Å². The first-order chi connectivity index (χ1) is 9.97. The van der Waals surface area contributed by atoms with E-state index in [1.165, 1.54) is 18.3 Å². The van der Waals surface area contributed by atoms with Gasteiger partial charge in [-0.25, -0.2) is 4.68 Å². The summed E-state index contributed by atoms with van der Waals surface area (Å²) in [6, 6.07) is 7.07. The summed E-state index contributed by atoms with van der Waals surface area (Å²) < 4.78 is 40.7. The van der Waals surface area contributed by atoms with Crippen molar-refractivity contribution in [3.8, 4) is 11.8 Å². The number of nitriles is 1. The van der Waals surface area contributed by atoms with Gasteiger partial charge in [0.2, 0.25) is 0 Å². The van der Waals surface area contributed by atoms with Crippen LogP contribution in [0.3, 0.4) is 0 Å². The van der Waals surface area contributed by atoms with E-state index in [-0.39, 0.29) is 5.69 Å². The van der Waals surface area contributed by atoms with Crippen LogP contribution < -0.4 is 5.73 Å². The summed E-state index contributed by atoms with van der Waals surface area (Å²) in [6.45, 7) is 0.491. The number of aromatic nitrogens is 2.